The van der Waals surface area contributed by atoms with E-state index in [9.17, 15) is 4.79 Å². The summed E-state index contributed by atoms with van der Waals surface area (Å²) < 4.78 is 12.7. The average Bonchev–Trinajstić information content (AvgIpc) is 2.50. The van der Waals surface area contributed by atoms with E-state index in [2.05, 4.69) is 38.8 Å². The number of methoxy groups -OCH3 is 1. The minimum absolute atomic E-state index is 0.574. The van der Waals surface area contributed by atoms with Crippen molar-refractivity contribution in [2.24, 2.45) is 0 Å². The van der Waals surface area contributed by atoms with Crippen molar-refractivity contribution in [1.29, 1.82) is 0 Å². The van der Waals surface area contributed by atoms with Gasteiger partial charge in [-0.3, -0.25) is 4.79 Å². The summed E-state index contributed by atoms with van der Waals surface area (Å²) in [6, 6.07) is 9.13. The van der Waals surface area contributed by atoms with E-state index >= 15 is 0 Å². The number of halogens is 2. The van der Waals surface area contributed by atoms with Gasteiger partial charge in [-0.1, -0.05) is 6.92 Å². The minimum Gasteiger partial charge on any atom is -0.496 e. The third-order valence-electron chi connectivity index (χ3n) is 3.01. The molecule has 0 atom stereocenters. The Kier molecular flexibility index (Phi) is 5.42. The van der Waals surface area contributed by atoms with Gasteiger partial charge in [-0.15, -0.1) is 0 Å². The number of rotatable bonds is 5. The number of hydrogen-bond acceptors (Lipinski definition) is 3. The molecule has 0 radical (unpaired) electrons. The largest absolute Gasteiger partial charge is 0.496 e. The second kappa shape index (κ2) is 7.09. The molecule has 0 saturated carbocycles. The molecule has 0 amide bonds. The van der Waals surface area contributed by atoms with E-state index in [1.165, 1.54) is 0 Å². The van der Waals surface area contributed by atoms with Gasteiger partial charge in [0, 0.05) is 5.56 Å². The molecule has 0 bridgehead atoms. The first kappa shape index (κ1) is 16.0. The molecule has 2 aromatic carbocycles. The fourth-order valence-corrected chi connectivity index (χ4v) is 3.34. The number of aldehydes is 1. The van der Waals surface area contributed by atoms with Crippen LogP contribution in [0.2, 0.25) is 0 Å². The van der Waals surface area contributed by atoms with Gasteiger partial charge in [-0.05, 0) is 74.2 Å². The molecule has 0 aromatic heterocycles. The van der Waals surface area contributed by atoms with Crippen molar-refractivity contribution in [3.63, 3.8) is 0 Å². The van der Waals surface area contributed by atoms with E-state index in [0.29, 0.717) is 26.0 Å². The van der Waals surface area contributed by atoms with Crippen molar-refractivity contribution >= 4 is 38.1 Å². The van der Waals surface area contributed by atoms with Crippen LogP contribution in [0.4, 0.5) is 0 Å². The van der Waals surface area contributed by atoms with E-state index in [-0.39, 0.29) is 0 Å². The molecule has 0 aliphatic carbocycles. The van der Waals surface area contributed by atoms with Crippen LogP contribution in [0.25, 0.3) is 0 Å². The molecule has 110 valence electrons. The summed E-state index contributed by atoms with van der Waals surface area (Å²) in [5, 5.41) is 0. The van der Waals surface area contributed by atoms with Crippen LogP contribution in [0.5, 0.6) is 17.2 Å². The van der Waals surface area contributed by atoms with Crippen molar-refractivity contribution in [3.8, 4) is 17.2 Å². The molecule has 0 fully saturated rings. The Morgan fingerprint density at radius 3 is 2.33 bits per heavy atom. The lowest BCUT2D eigenvalue weighted by molar-refractivity contribution is 0.112. The Hall–Kier alpha value is -1.33. The summed E-state index contributed by atoms with van der Waals surface area (Å²) in [6.45, 7) is 2.06. The first-order valence-electron chi connectivity index (χ1n) is 6.38. The SMILES string of the molecule is CCc1cc(Oc2c(Br)cc(C=O)cc2Br)ccc1OC. The Bertz CT molecular complexity index is 646. The zero-order valence-electron chi connectivity index (χ0n) is 11.7. The highest BCUT2D eigenvalue weighted by Gasteiger charge is 2.11. The summed E-state index contributed by atoms with van der Waals surface area (Å²) in [5.74, 6) is 2.19. The zero-order valence-corrected chi connectivity index (χ0v) is 14.8. The lowest BCUT2D eigenvalue weighted by Gasteiger charge is -2.13. The lowest BCUT2D eigenvalue weighted by atomic mass is 10.1. The van der Waals surface area contributed by atoms with E-state index in [1.54, 1.807) is 19.2 Å². The summed E-state index contributed by atoms with van der Waals surface area (Å²) in [7, 11) is 1.65. The van der Waals surface area contributed by atoms with Gasteiger partial charge in [0.1, 0.15) is 17.8 Å². The standard InChI is InChI=1S/C16H14Br2O3/c1-3-11-8-12(4-5-15(11)20-2)21-16-13(17)6-10(9-19)7-14(16)18/h4-9H,3H2,1-2H3. The maximum Gasteiger partial charge on any atom is 0.155 e. The molecular formula is C16H14Br2O3. The maximum absolute atomic E-state index is 10.8. The molecule has 21 heavy (non-hydrogen) atoms. The average molecular weight is 414 g/mol. The highest BCUT2D eigenvalue weighted by Crippen LogP contribution is 2.38. The molecule has 0 heterocycles. The summed E-state index contributed by atoms with van der Waals surface area (Å²) in [5.41, 5.74) is 1.65. The number of benzene rings is 2. The third-order valence-corrected chi connectivity index (χ3v) is 4.19. The molecule has 2 rings (SSSR count). The first-order valence-corrected chi connectivity index (χ1v) is 7.96. The number of aryl methyl sites for hydroxylation is 1. The second-order valence-electron chi connectivity index (χ2n) is 4.36. The Balaban J connectivity index is 2.36. The van der Waals surface area contributed by atoms with Crippen molar-refractivity contribution < 1.29 is 14.3 Å². The number of carbonyl (C=O) groups excluding carboxylic acids is 1. The Morgan fingerprint density at radius 2 is 1.81 bits per heavy atom. The van der Waals surface area contributed by atoms with Crippen LogP contribution in [0.3, 0.4) is 0 Å². The molecule has 0 N–H and O–H groups in total. The molecule has 0 aliphatic rings. The maximum atomic E-state index is 10.8. The smallest absolute Gasteiger partial charge is 0.155 e. The molecular weight excluding hydrogens is 400 g/mol. The van der Waals surface area contributed by atoms with Crippen LogP contribution in [-0.2, 0) is 6.42 Å². The second-order valence-corrected chi connectivity index (χ2v) is 6.07. The fraction of sp³-hybridized carbons (Fsp3) is 0.188. The monoisotopic (exact) mass is 412 g/mol. The van der Waals surface area contributed by atoms with Gasteiger partial charge in [0.2, 0.25) is 0 Å². The third kappa shape index (κ3) is 3.66. The van der Waals surface area contributed by atoms with Gasteiger partial charge in [-0.25, -0.2) is 0 Å². The highest BCUT2D eigenvalue weighted by atomic mass is 79.9. The number of carbonyl (C=O) groups is 1. The first-order chi connectivity index (χ1) is 10.1. The van der Waals surface area contributed by atoms with Gasteiger partial charge in [0.15, 0.2) is 5.75 Å². The van der Waals surface area contributed by atoms with Crippen LogP contribution in [0.15, 0.2) is 39.3 Å². The van der Waals surface area contributed by atoms with Crippen molar-refractivity contribution in [3.05, 3.63) is 50.4 Å². The quantitative estimate of drug-likeness (QED) is 0.616. The Labute approximate surface area is 140 Å². The zero-order chi connectivity index (χ0) is 15.4. The molecule has 5 heteroatoms. The van der Waals surface area contributed by atoms with Gasteiger partial charge in [0.05, 0.1) is 16.1 Å². The summed E-state index contributed by atoms with van der Waals surface area (Å²) >= 11 is 6.84. The Morgan fingerprint density at radius 1 is 1.14 bits per heavy atom. The fourth-order valence-electron chi connectivity index (χ4n) is 1.96. The van der Waals surface area contributed by atoms with Crippen LogP contribution >= 0.6 is 31.9 Å². The van der Waals surface area contributed by atoms with Gasteiger partial charge < -0.3 is 9.47 Å². The minimum atomic E-state index is 0.574. The van der Waals surface area contributed by atoms with Crippen molar-refractivity contribution in [1.82, 2.24) is 0 Å². The summed E-state index contributed by atoms with van der Waals surface area (Å²) in [4.78, 5) is 10.8. The van der Waals surface area contributed by atoms with Gasteiger partial charge >= 0.3 is 0 Å². The summed E-state index contributed by atoms with van der Waals surface area (Å²) in [6.07, 6.45) is 1.65. The van der Waals surface area contributed by atoms with E-state index in [1.807, 2.05) is 18.2 Å². The number of ether oxygens (including phenoxy) is 2. The predicted molar refractivity (Wildman–Crippen MR) is 89.7 cm³/mol. The predicted octanol–water partition coefficient (Wildman–Crippen LogP) is 5.39. The molecule has 3 nitrogen and oxygen atoms in total. The molecule has 0 spiro atoms. The molecule has 0 unspecified atom stereocenters. The topological polar surface area (TPSA) is 35.5 Å². The van der Waals surface area contributed by atoms with E-state index in [0.717, 1.165) is 24.0 Å². The van der Waals surface area contributed by atoms with Crippen LogP contribution in [-0.4, -0.2) is 13.4 Å². The lowest BCUT2D eigenvalue weighted by Crippen LogP contribution is -1.93. The highest BCUT2D eigenvalue weighted by molar-refractivity contribution is 9.11. The van der Waals surface area contributed by atoms with Crippen LogP contribution in [0.1, 0.15) is 22.8 Å². The van der Waals surface area contributed by atoms with Crippen molar-refractivity contribution in [2.45, 2.75) is 13.3 Å². The molecule has 0 aliphatic heterocycles. The van der Waals surface area contributed by atoms with E-state index < -0.39 is 0 Å². The van der Waals surface area contributed by atoms with Gasteiger partial charge in [0.25, 0.3) is 0 Å². The molecule has 0 saturated heterocycles. The van der Waals surface area contributed by atoms with Crippen molar-refractivity contribution in [2.75, 3.05) is 7.11 Å². The normalized spacial score (nSPS) is 10.3. The van der Waals surface area contributed by atoms with Gasteiger partial charge in [-0.2, -0.15) is 0 Å². The van der Waals surface area contributed by atoms with E-state index in [4.69, 9.17) is 9.47 Å². The van der Waals surface area contributed by atoms with Crippen LogP contribution < -0.4 is 9.47 Å². The van der Waals surface area contributed by atoms with Crippen LogP contribution in [0, 0.1) is 0 Å². The number of hydrogen-bond donors (Lipinski definition) is 0. The molecule has 2 aromatic rings.